The number of anilines is 3. The van der Waals surface area contributed by atoms with Gasteiger partial charge in [0, 0.05) is 43.2 Å². The minimum Gasteiger partial charge on any atom is -0.352 e. The van der Waals surface area contributed by atoms with E-state index in [1.807, 2.05) is 29.7 Å². The first-order valence-corrected chi connectivity index (χ1v) is 12.8. The number of carbonyl (C=O) groups is 1. The third kappa shape index (κ3) is 3.78. The Labute approximate surface area is 208 Å². The van der Waals surface area contributed by atoms with Crippen molar-refractivity contribution in [3.05, 3.63) is 29.2 Å². The van der Waals surface area contributed by atoms with Crippen molar-refractivity contribution in [2.45, 2.75) is 50.3 Å². The topological polar surface area (TPSA) is 102 Å². The van der Waals surface area contributed by atoms with E-state index in [2.05, 4.69) is 45.0 Å². The molecule has 0 bridgehead atoms. The fourth-order valence-corrected chi connectivity index (χ4v) is 6.28. The molecule has 184 valence electrons. The van der Waals surface area contributed by atoms with Gasteiger partial charge in [0.25, 0.3) is 0 Å². The lowest BCUT2D eigenvalue weighted by molar-refractivity contribution is -0.137. The summed E-state index contributed by atoms with van der Waals surface area (Å²) in [4.78, 5) is 28.5. The summed E-state index contributed by atoms with van der Waals surface area (Å²) >= 11 is 1.44. The number of aryl methyl sites for hydroxylation is 1. The molecular weight excluding hydrogens is 467 g/mol. The van der Waals surface area contributed by atoms with Crippen LogP contribution in [0.1, 0.15) is 44.0 Å². The van der Waals surface area contributed by atoms with Gasteiger partial charge in [0.15, 0.2) is 11.5 Å². The average molecular weight is 497 g/mol. The Kier molecular flexibility index (Phi) is 5.82. The summed E-state index contributed by atoms with van der Waals surface area (Å²) in [5, 5.41) is 17.6. The van der Waals surface area contributed by atoms with Crippen LogP contribution in [0.5, 0.6) is 0 Å². The Morgan fingerprint density at radius 2 is 2.03 bits per heavy atom. The van der Waals surface area contributed by atoms with Gasteiger partial charge >= 0.3 is 0 Å². The van der Waals surface area contributed by atoms with Crippen LogP contribution in [0.15, 0.2) is 12.4 Å². The molecule has 0 aromatic carbocycles. The SMILES string of the molecule is Cc1cc(N2CC(C)(C)c3c(N4CCN(C(=O)C5(CF)CCS5)C(C)C4)ncnc32)nnc1C#N. The van der Waals surface area contributed by atoms with Crippen LogP contribution >= 0.6 is 11.8 Å². The Morgan fingerprint density at radius 1 is 1.29 bits per heavy atom. The van der Waals surface area contributed by atoms with Crippen molar-refractivity contribution in [2.75, 3.05) is 48.4 Å². The maximum absolute atomic E-state index is 13.7. The molecule has 0 N–H and O–H groups in total. The number of piperazine rings is 1. The van der Waals surface area contributed by atoms with Gasteiger partial charge < -0.3 is 14.7 Å². The number of rotatable bonds is 4. The second-order valence-electron chi connectivity index (χ2n) is 10.2. The predicted octanol–water partition coefficient (Wildman–Crippen LogP) is 2.76. The summed E-state index contributed by atoms with van der Waals surface area (Å²) in [6.07, 6.45) is 2.18. The molecule has 2 unspecified atom stereocenters. The molecule has 5 rings (SSSR count). The van der Waals surface area contributed by atoms with Crippen LogP contribution in [-0.2, 0) is 10.2 Å². The number of nitriles is 1. The molecule has 11 heteroatoms. The molecule has 35 heavy (non-hydrogen) atoms. The zero-order chi connectivity index (χ0) is 25.0. The van der Waals surface area contributed by atoms with Crippen molar-refractivity contribution in [3.63, 3.8) is 0 Å². The van der Waals surface area contributed by atoms with Gasteiger partial charge in [-0.05, 0) is 37.7 Å². The van der Waals surface area contributed by atoms with Gasteiger partial charge in [-0.2, -0.15) is 5.26 Å². The molecule has 0 aliphatic carbocycles. The number of alkyl halides is 1. The first-order valence-electron chi connectivity index (χ1n) is 11.8. The number of halogens is 1. The quantitative estimate of drug-likeness (QED) is 0.632. The van der Waals surface area contributed by atoms with Crippen molar-refractivity contribution < 1.29 is 9.18 Å². The first-order chi connectivity index (χ1) is 16.7. The van der Waals surface area contributed by atoms with Gasteiger partial charge in [-0.25, -0.2) is 14.4 Å². The highest BCUT2D eigenvalue weighted by Crippen LogP contribution is 2.47. The molecule has 5 heterocycles. The first kappa shape index (κ1) is 23.7. The van der Waals surface area contributed by atoms with Crippen LogP contribution in [-0.4, -0.2) is 80.4 Å². The molecule has 3 aliphatic heterocycles. The summed E-state index contributed by atoms with van der Waals surface area (Å²) in [5.74, 6) is 3.06. The number of aromatic nitrogens is 4. The van der Waals surface area contributed by atoms with Crippen molar-refractivity contribution in [2.24, 2.45) is 0 Å². The van der Waals surface area contributed by atoms with Crippen molar-refractivity contribution in [3.8, 4) is 6.07 Å². The van der Waals surface area contributed by atoms with Gasteiger partial charge in [0.1, 0.15) is 35.5 Å². The number of carbonyl (C=O) groups excluding carboxylic acids is 1. The molecular formula is C24H29FN8OS. The predicted molar refractivity (Wildman–Crippen MR) is 133 cm³/mol. The van der Waals surface area contributed by atoms with Gasteiger partial charge in [0.05, 0.1) is 0 Å². The number of fused-ring (bicyclic) bond motifs is 1. The maximum Gasteiger partial charge on any atom is 0.241 e. The van der Waals surface area contributed by atoms with E-state index in [-0.39, 0.29) is 17.4 Å². The second-order valence-corrected chi connectivity index (χ2v) is 11.7. The zero-order valence-corrected chi connectivity index (χ0v) is 21.3. The summed E-state index contributed by atoms with van der Waals surface area (Å²) in [6, 6.07) is 3.87. The van der Waals surface area contributed by atoms with Gasteiger partial charge in [-0.3, -0.25) is 4.79 Å². The largest absolute Gasteiger partial charge is 0.352 e. The highest BCUT2D eigenvalue weighted by molar-refractivity contribution is 8.02. The average Bonchev–Trinajstić information content (AvgIpc) is 3.09. The summed E-state index contributed by atoms with van der Waals surface area (Å²) < 4.78 is 12.8. The normalized spacial score (nSPS) is 25.1. The molecule has 2 saturated heterocycles. The Hall–Kier alpha value is -3.00. The molecule has 2 aromatic heterocycles. The number of nitrogens with zero attached hydrogens (tertiary/aromatic N) is 8. The van der Waals surface area contributed by atoms with E-state index < -0.39 is 11.4 Å². The van der Waals surface area contributed by atoms with E-state index in [1.165, 1.54) is 11.8 Å². The minimum absolute atomic E-state index is 0.0563. The smallest absolute Gasteiger partial charge is 0.241 e. The lowest BCUT2D eigenvalue weighted by Gasteiger charge is -2.47. The molecule has 9 nitrogen and oxygen atoms in total. The highest BCUT2D eigenvalue weighted by atomic mass is 32.2. The molecule has 2 atom stereocenters. The number of amides is 1. The van der Waals surface area contributed by atoms with Crippen molar-refractivity contribution in [1.29, 1.82) is 5.26 Å². The van der Waals surface area contributed by atoms with Crippen LogP contribution in [0.2, 0.25) is 0 Å². The summed E-state index contributed by atoms with van der Waals surface area (Å²) in [6.45, 7) is 10.0. The van der Waals surface area contributed by atoms with E-state index in [0.717, 1.165) is 28.5 Å². The lowest BCUT2D eigenvalue weighted by Crippen LogP contribution is -2.61. The molecule has 2 aromatic rings. The van der Waals surface area contributed by atoms with Crippen molar-refractivity contribution in [1.82, 2.24) is 25.1 Å². The van der Waals surface area contributed by atoms with Crippen LogP contribution in [0.3, 0.4) is 0 Å². The standard InChI is InChI=1S/C24H29FN8OS/c1-15-9-18(30-29-17(15)10-26)33-13-23(3,4)19-20(27-14-28-21(19)33)31-6-7-32(16(2)11-31)22(34)24(12-25)5-8-35-24/h9,14,16H,5-8,11-13H2,1-4H3. The molecule has 2 fully saturated rings. The second kappa shape index (κ2) is 8.59. The Morgan fingerprint density at radius 3 is 2.63 bits per heavy atom. The van der Waals surface area contributed by atoms with Crippen LogP contribution in [0.25, 0.3) is 0 Å². The van der Waals surface area contributed by atoms with Gasteiger partial charge in [-0.15, -0.1) is 22.0 Å². The maximum atomic E-state index is 13.7. The van der Waals surface area contributed by atoms with E-state index in [4.69, 9.17) is 0 Å². The van der Waals surface area contributed by atoms with Crippen LogP contribution < -0.4 is 9.80 Å². The lowest BCUT2D eigenvalue weighted by atomic mass is 9.87. The third-order valence-electron chi connectivity index (χ3n) is 7.32. The van der Waals surface area contributed by atoms with E-state index in [1.54, 1.807) is 6.33 Å². The minimum atomic E-state index is -0.880. The van der Waals surface area contributed by atoms with Crippen molar-refractivity contribution >= 4 is 35.1 Å². The molecule has 0 saturated carbocycles. The fraction of sp³-hybridized carbons (Fsp3) is 0.583. The number of hydrogen-bond donors (Lipinski definition) is 0. The Balaban J connectivity index is 1.43. The van der Waals surface area contributed by atoms with E-state index >= 15 is 0 Å². The van der Waals surface area contributed by atoms with E-state index in [0.29, 0.717) is 44.1 Å². The fourth-order valence-electron chi connectivity index (χ4n) is 5.26. The monoisotopic (exact) mass is 496 g/mol. The molecule has 1 amide bonds. The molecule has 0 radical (unpaired) electrons. The van der Waals surface area contributed by atoms with E-state index in [9.17, 15) is 14.4 Å². The number of hydrogen-bond acceptors (Lipinski definition) is 9. The Bertz CT molecular complexity index is 1200. The summed E-state index contributed by atoms with van der Waals surface area (Å²) in [5.41, 5.74) is 1.85. The highest BCUT2D eigenvalue weighted by Gasteiger charge is 2.49. The number of thioether (sulfide) groups is 1. The molecule has 0 spiro atoms. The van der Waals surface area contributed by atoms with Crippen LogP contribution in [0, 0.1) is 18.3 Å². The van der Waals surface area contributed by atoms with Gasteiger partial charge in [-0.1, -0.05) is 13.8 Å². The molecule has 3 aliphatic rings. The zero-order valence-electron chi connectivity index (χ0n) is 20.5. The summed E-state index contributed by atoms with van der Waals surface area (Å²) in [7, 11) is 0. The van der Waals surface area contributed by atoms with Crippen LogP contribution in [0.4, 0.5) is 21.8 Å². The van der Waals surface area contributed by atoms with Gasteiger partial charge in [0.2, 0.25) is 5.91 Å². The third-order valence-corrected chi connectivity index (χ3v) is 8.77.